The Kier molecular flexibility index (Phi) is 5.83. The van der Waals surface area contributed by atoms with Crippen LogP contribution in [-0.4, -0.2) is 46.5 Å². The number of carbonyl (C=O) groups is 2. The zero-order chi connectivity index (χ0) is 19.5. The van der Waals surface area contributed by atoms with E-state index < -0.39 is 30.0 Å². The highest BCUT2D eigenvalue weighted by atomic mass is 19.3. The summed E-state index contributed by atoms with van der Waals surface area (Å²) in [5.41, 5.74) is 0.191. The average molecular weight is 369 g/mol. The van der Waals surface area contributed by atoms with Crippen molar-refractivity contribution in [3.8, 4) is 0 Å². The van der Waals surface area contributed by atoms with Crippen molar-refractivity contribution in [1.82, 2.24) is 15.2 Å². The van der Waals surface area contributed by atoms with Crippen LogP contribution in [0.3, 0.4) is 0 Å². The van der Waals surface area contributed by atoms with Crippen molar-refractivity contribution in [2.24, 2.45) is 0 Å². The van der Waals surface area contributed by atoms with E-state index in [1.807, 2.05) is 0 Å². The van der Waals surface area contributed by atoms with Crippen molar-refractivity contribution >= 4 is 12.0 Å². The normalized spacial score (nSPS) is 19.8. The molecule has 1 atom stereocenters. The van der Waals surface area contributed by atoms with Crippen LogP contribution in [0.2, 0.25) is 0 Å². The number of piperidine rings is 1. The molecule has 1 unspecified atom stereocenters. The molecule has 1 aromatic heterocycles. The minimum atomic E-state index is -2.94. The Morgan fingerprint density at radius 3 is 2.73 bits per heavy atom. The third kappa shape index (κ3) is 5.37. The van der Waals surface area contributed by atoms with Gasteiger partial charge in [-0.3, -0.25) is 9.78 Å². The van der Waals surface area contributed by atoms with Crippen LogP contribution in [0.25, 0.3) is 0 Å². The molecule has 1 fully saturated rings. The molecule has 1 aliphatic rings. The Morgan fingerprint density at radius 2 is 2.12 bits per heavy atom. The monoisotopic (exact) mass is 369 g/mol. The number of hydrogen-bond acceptors (Lipinski definition) is 4. The van der Waals surface area contributed by atoms with Gasteiger partial charge in [-0.15, -0.1) is 0 Å². The summed E-state index contributed by atoms with van der Waals surface area (Å²) < 4.78 is 34.3. The SMILES string of the molecule is CC(=O)NCc1cc(C2CN(C(=O)OC(C)(C)C)CCC2(F)F)ccn1. The lowest BCUT2D eigenvalue weighted by atomic mass is 9.87. The Bertz CT molecular complexity index is 674. The predicted octanol–water partition coefficient (Wildman–Crippen LogP) is 3.08. The maximum atomic E-state index is 14.5. The van der Waals surface area contributed by atoms with E-state index >= 15 is 0 Å². The first-order valence-corrected chi connectivity index (χ1v) is 8.53. The molecule has 0 aromatic carbocycles. The number of carbonyl (C=O) groups excluding carboxylic acids is 2. The maximum absolute atomic E-state index is 14.5. The summed E-state index contributed by atoms with van der Waals surface area (Å²) in [6, 6.07) is 3.07. The number of halogens is 2. The van der Waals surface area contributed by atoms with E-state index in [1.165, 1.54) is 24.1 Å². The number of aromatic nitrogens is 1. The molecule has 0 aliphatic carbocycles. The summed E-state index contributed by atoms with van der Waals surface area (Å²) in [5.74, 6) is -4.32. The molecule has 26 heavy (non-hydrogen) atoms. The van der Waals surface area contributed by atoms with E-state index in [0.717, 1.165) is 0 Å². The Labute approximate surface area is 151 Å². The number of alkyl halides is 2. The number of ether oxygens (including phenoxy) is 1. The summed E-state index contributed by atoms with van der Waals surface area (Å²) in [6.45, 7) is 6.55. The molecule has 1 aromatic rings. The Morgan fingerprint density at radius 1 is 1.42 bits per heavy atom. The zero-order valence-corrected chi connectivity index (χ0v) is 15.5. The summed E-state index contributed by atoms with van der Waals surface area (Å²) in [6.07, 6.45) is 0.417. The molecule has 2 amide bonds. The molecule has 0 bridgehead atoms. The van der Waals surface area contributed by atoms with Crippen LogP contribution < -0.4 is 5.32 Å². The minimum Gasteiger partial charge on any atom is -0.444 e. The van der Waals surface area contributed by atoms with Crippen LogP contribution in [0.1, 0.15) is 51.3 Å². The number of pyridine rings is 1. The molecular weight excluding hydrogens is 344 g/mol. The molecule has 1 saturated heterocycles. The van der Waals surface area contributed by atoms with Gasteiger partial charge in [-0.2, -0.15) is 0 Å². The molecule has 6 nitrogen and oxygen atoms in total. The molecule has 0 radical (unpaired) electrons. The molecule has 0 spiro atoms. The summed E-state index contributed by atoms with van der Waals surface area (Å²) in [5, 5.41) is 2.59. The number of likely N-dealkylation sites (tertiary alicyclic amines) is 1. The van der Waals surface area contributed by atoms with E-state index in [1.54, 1.807) is 26.8 Å². The summed E-state index contributed by atoms with van der Waals surface area (Å²) in [4.78, 5) is 28.7. The molecule has 0 saturated carbocycles. The fourth-order valence-electron chi connectivity index (χ4n) is 2.77. The van der Waals surface area contributed by atoms with Gasteiger partial charge in [0.05, 0.1) is 18.2 Å². The molecule has 1 N–H and O–H groups in total. The van der Waals surface area contributed by atoms with Crippen LogP contribution in [0.15, 0.2) is 18.3 Å². The summed E-state index contributed by atoms with van der Waals surface area (Å²) >= 11 is 0. The molecular formula is C18H25F2N3O3. The predicted molar refractivity (Wildman–Crippen MR) is 91.9 cm³/mol. The largest absolute Gasteiger partial charge is 0.444 e. The zero-order valence-electron chi connectivity index (χ0n) is 15.5. The fraction of sp³-hybridized carbons (Fsp3) is 0.611. The molecule has 144 valence electrons. The van der Waals surface area contributed by atoms with Gasteiger partial charge in [-0.1, -0.05) is 0 Å². The molecule has 8 heteroatoms. The van der Waals surface area contributed by atoms with Crippen molar-refractivity contribution in [3.63, 3.8) is 0 Å². The lowest BCUT2D eigenvalue weighted by molar-refractivity contribution is -0.119. The van der Waals surface area contributed by atoms with Gasteiger partial charge in [-0.25, -0.2) is 13.6 Å². The van der Waals surface area contributed by atoms with Crippen LogP contribution in [0.4, 0.5) is 13.6 Å². The third-order valence-electron chi connectivity index (χ3n) is 4.04. The van der Waals surface area contributed by atoms with E-state index in [9.17, 15) is 18.4 Å². The van der Waals surface area contributed by atoms with Crippen LogP contribution in [0, 0.1) is 0 Å². The first-order valence-electron chi connectivity index (χ1n) is 8.53. The second kappa shape index (κ2) is 7.55. The second-order valence-corrected chi connectivity index (χ2v) is 7.48. The molecule has 2 rings (SSSR count). The average Bonchev–Trinajstić information content (AvgIpc) is 2.51. The van der Waals surface area contributed by atoms with Crippen molar-refractivity contribution < 1.29 is 23.1 Å². The van der Waals surface area contributed by atoms with Crippen molar-refractivity contribution in [2.75, 3.05) is 13.1 Å². The first kappa shape index (κ1) is 20.1. The lowest BCUT2D eigenvalue weighted by Gasteiger charge is -2.39. The number of amides is 2. The van der Waals surface area contributed by atoms with Gasteiger partial charge in [0.1, 0.15) is 5.60 Å². The maximum Gasteiger partial charge on any atom is 0.410 e. The Balaban J connectivity index is 2.18. The Hall–Kier alpha value is -2.25. The van der Waals surface area contributed by atoms with Gasteiger partial charge < -0.3 is 15.0 Å². The number of nitrogens with one attached hydrogen (secondary N) is 1. The lowest BCUT2D eigenvalue weighted by Crippen LogP contribution is -2.49. The third-order valence-corrected chi connectivity index (χ3v) is 4.04. The van der Waals surface area contributed by atoms with Gasteiger partial charge in [0, 0.05) is 32.6 Å². The van der Waals surface area contributed by atoms with Gasteiger partial charge in [0.25, 0.3) is 5.92 Å². The van der Waals surface area contributed by atoms with Crippen molar-refractivity contribution in [1.29, 1.82) is 0 Å². The number of nitrogens with zero attached hydrogens (tertiary/aromatic N) is 2. The van der Waals surface area contributed by atoms with Crippen LogP contribution in [-0.2, 0) is 16.1 Å². The van der Waals surface area contributed by atoms with Crippen molar-refractivity contribution in [2.45, 2.75) is 58.1 Å². The van der Waals surface area contributed by atoms with Gasteiger partial charge in [0.2, 0.25) is 5.91 Å². The molecule has 2 heterocycles. The molecule has 1 aliphatic heterocycles. The van der Waals surface area contributed by atoms with E-state index in [-0.39, 0.29) is 25.5 Å². The number of rotatable bonds is 3. The number of hydrogen-bond donors (Lipinski definition) is 1. The standard InChI is InChI=1S/C18H25F2N3O3/c1-12(24)22-10-14-9-13(5-7-21-14)15-11-23(8-6-18(15,19)20)16(25)26-17(2,3)4/h5,7,9,15H,6,8,10-11H2,1-4H3,(H,22,24). The highest BCUT2D eigenvalue weighted by Gasteiger charge is 2.46. The highest BCUT2D eigenvalue weighted by molar-refractivity contribution is 5.72. The topological polar surface area (TPSA) is 71.5 Å². The fourth-order valence-corrected chi connectivity index (χ4v) is 2.77. The second-order valence-electron chi connectivity index (χ2n) is 7.48. The van der Waals surface area contributed by atoms with E-state index in [4.69, 9.17) is 4.74 Å². The highest BCUT2D eigenvalue weighted by Crippen LogP contribution is 2.40. The van der Waals surface area contributed by atoms with Gasteiger partial charge in [-0.05, 0) is 38.5 Å². The minimum absolute atomic E-state index is 0.0533. The van der Waals surface area contributed by atoms with Gasteiger partial charge >= 0.3 is 6.09 Å². The quantitative estimate of drug-likeness (QED) is 0.889. The van der Waals surface area contributed by atoms with Crippen molar-refractivity contribution in [3.05, 3.63) is 29.6 Å². The van der Waals surface area contributed by atoms with E-state index in [0.29, 0.717) is 11.3 Å². The van der Waals surface area contributed by atoms with Crippen LogP contribution >= 0.6 is 0 Å². The van der Waals surface area contributed by atoms with Crippen LogP contribution in [0.5, 0.6) is 0 Å². The van der Waals surface area contributed by atoms with Gasteiger partial charge in [0.15, 0.2) is 0 Å². The first-order chi connectivity index (χ1) is 12.0. The van der Waals surface area contributed by atoms with E-state index in [2.05, 4.69) is 10.3 Å². The summed E-state index contributed by atoms with van der Waals surface area (Å²) in [7, 11) is 0. The smallest absolute Gasteiger partial charge is 0.410 e.